The van der Waals surface area contributed by atoms with Gasteiger partial charge in [0.2, 0.25) is 0 Å². The molecule has 1 fully saturated rings. The molecule has 1 spiro atoms. The third-order valence-corrected chi connectivity index (χ3v) is 4.11. The number of benzene rings is 1. The lowest BCUT2D eigenvalue weighted by atomic mass is 10.1. The zero-order valence-corrected chi connectivity index (χ0v) is 11.2. The first-order valence-corrected chi connectivity index (χ1v) is 6.34. The van der Waals surface area contributed by atoms with E-state index >= 15 is 0 Å². The predicted octanol–water partition coefficient (Wildman–Crippen LogP) is 3.04. The molecule has 4 nitrogen and oxygen atoms in total. The second kappa shape index (κ2) is 3.90. The Bertz CT molecular complexity index is 671. The highest BCUT2D eigenvalue weighted by atomic mass is 35.5. The molecule has 0 amide bonds. The summed E-state index contributed by atoms with van der Waals surface area (Å²) in [5.41, 5.74) is 7.81. The molecular weight excluding hydrogens is 264 g/mol. The molecule has 2 heterocycles. The summed E-state index contributed by atoms with van der Waals surface area (Å²) in [6.07, 6.45) is 4.06. The number of hydrogen-bond acceptors (Lipinski definition) is 3. The summed E-state index contributed by atoms with van der Waals surface area (Å²) in [6.45, 7) is 0. The maximum Gasteiger partial charge on any atom is 0.357 e. The van der Waals surface area contributed by atoms with Crippen molar-refractivity contribution in [1.82, 2.24) is 4.57 Å². The fourth-order valence-corrected chi connectivity index (χ4v) is 3.35. The maximum absolute atomic E-state index is 12.0. The Labute approximate surface area is 116 Å². The summed E-state index contributed by atoms with van der Waals surface area (Å²) in [4.78, 5) is 12.0. The summed E-state index contributed by atoms with van der Waals surface area (Å²) >= 11 is 0. The zero-order valence-electron chi connectivity index (χ0n) is 10.4. The minimum Gasteiger partial charge on any atom is -0.434 e. The molecular formula is C14H15ClN2O2. The molecule has 1 aromatic carbocycles. The number of carbonyl (C=O) groups is 1. The van der Waals surface area contributed by atoms with Crippen LogP contribution in [-0.2, 0) is 10.5 Å². The van der Waals surface area contributed by atoms with Gasteiger partial charge in [0.05, 0.1) is 5.52 Å². The Morgan fingerprint density at radius 3 is 2.68 bits per heavy atom. The van der Waals surface area contributed by atoms with E-state index in [1.165, 1.54) is 0 Å². The van der Waals surface area contributed by atoms with Crippen molar-refractivity contribution >= 4 is 35.0 Å². The van der Waals surface area contributed by atoms with Crippen molar-refractivity contribution in [3.63, 3.8) is 0 Å². The Hall–Kier alpha value is -1.68. The van der Waals surface area contributed by atoms with Crippen LogP contribution in [0.1, 0.15) is 36.2 Å². The van der Waals surface area contributed by atoms with Crippen LogP contribution in [-0.4, -0.2) is 10.5 Å². The second-order valence-corrected chi connectivity index (χ2v) is 5.23. The molecule has 1 aliphatic carbocycles. The van der Waals surface area contributed by atoms with Crippen molar-refractivity contribution in [1.29, 1.82) is 0 Å². The van der Waals surface area contributed by atoms with E-state index in [-0.39, 0.29) is 18.4 Å². The van der Waals surface area contributed by atoms with Crippen LogP contribution in [0.5, 0.6) is 0 Å². The molecule has 4 rings (SSSR count). The normalized spacial score (nSPS) is 19.5. The number of carbonyl (C=O) groups excluding carboxylic acids is 1. The van der Waals surface area contributed by atoms with Crippen molar-refractivity contribution in [2.45, 2.75) is 31.4 Å². The lowest BCUT2D eigenvalue weighted by Crippen LogP contribution is -2.28. The van der Waals surface area contributed by atoms with E-state index < -0.39 is 5.72 Å². The zero-order chi connectivity index (χ0) is 12.3. The quantitative estimate of drug-likeness (QED) is 0.595. The monoisotopic (exact) mass is 278 g/mol. The van der Waals surface area contributed by atoms with E-state index in [4.69, 9.17) is 10.5 Å². The summed E-state index contributed by atoms with van der Waals surface area (Å²) in [6, 6.07) is 7.66. The van der Waals surface area contributed by atoms with Gasteiger partial charge in [0.15, 0.2) is 5.72 Å². The number of anilines is 1. The first-order chi connectivity index (χ1) is 8.70. The van der Waals surface area contributed by atoms with Crippen molar-refractivity contribution in [3.8, 4) is 0 Å². The average molecular weight is 279 g/mol. The first-order valence-electron chi connectivity index (χ1n) is 6.34. The Morgan fingerprint density at radius 1 is 1.21 bits per heavy atom. The number of esters is 1. The van der Waals surface area contributed by atoms with Gasteiger partial charge < -0.3 is 10.5 Å². The molecule has 0 radical (unpaired) electrons. The van der Waals surface area contributed by atoms with Crippen molar-refractivity contribution in [2.75, 3.05) is 5.73 Å². The lowest BCUT2D eigenvalue weighted by Gasteiger charge is -2.25. The van der Waals surface area contributed by atoms with Crippen LogP contribution in [0.15, 0.2) is 24.3 Å². The standard InChI is InChI=1S/C14H14N2O2.ClH/c15-10-3-4-11-9(7-10)8-12-13(17)18-14(16(11)12)5-1-2-6-14;/h3-4,7-8H,1-2,5-6,15H2;1H. The Balaban J connectivity index is 0.00000110. The summed E-state index contributed by atoms with van der Waals surface area (Å²) in [7, 11) is 0. The van der Waals surface area contributed by atoms with Crippen LogP contribution in [0.2, 0.25) is 0 Å². The predicted molar refractivity (Wildman–Crippen MR) is 75.5 cm³/mol. The average Bonchev–Trinajstić information content (AvgIpc) is 2.98. The SMILES string of the molecule is Cl.Nc1ccc2c(c1)cc1n2C2(CCCC2)OC1=O. The van der Waals surface area contributed by atoms with E-state index in [1.54, 1.807) is 0 Å². The minimum atomic E-state index is -0.426. The van der Waals surface area contributed by atoms with Gasteiger partial charge in [0, 0.05) is 23.9 Å². The van der Waals surface area contributed by atoms with Crippen molar-refractivity contribution < 1.29 is 9.53 Å². The number of nitrogen functional groups attached to an aromatic ring is 1. The summed E-state index contributed by atoms with van der Waals surface area (Å²) in [5, 5.41) is 1.02. The number of ether oxygens (including phenoxy) is 1. The Kier molecular flexibility index (Phi) is 2.54. The van der Waals surface area contributed by atoms with Gasteiger partial charge >= 0.3 is 5.97 Å². The third kappa shape index (κ3) is 1.49. The van der Waals surface area contributed by atoms with E-state index in [0.29, 0.717) is 5.69 Å². The number of halogens is 1. The van der Waals surface area contributed by atoms with Crippen LogP contribution in [0.4, 0.5) is 5.69 Å². The van der Waals surface area contributed by atoms with Crippen LogP contribution in [0, 0.1) is 0 Å². The fourth-order valence-electron chi connectivity index (χ4n) is 3.35. The third-order valence-electron chi connectivity index (χ3n) is 4.11. The summed E-state index contributed by atoms with van der Waals surface area (Å²) < 4.78 is 7.73. The van der Waals surface area contributed by atoms with Crippen molar-refractivity contribution in [3.05, 3.63) is 30.0 Å². The van der Waals surface area contributed by atoms with Gasteiger partial charge in [-0.1, -0.05) is 0 Å². The number of nitrogens with two attached hydrogens (primary N) is 1. The number of hydrogen-bond donors (Lipinski definition) is 1. The molecule has 0 atom stereocenters. The highest BCUT2D eigenvalue weighted by molar-refractivity contribution is 5.98. The molecule has 0 saturated heterocycles. The largest absolute Gasteiger partial charge is 0.434 e. The molecule has 100 valence electrons. The van der Waals surface area contributed by atoms with Gasteiger partial charge in [-0.25, -0.2) is 4.79 Å². The molecule has 1 aromatic heterocycles. The molecule has 2 aliphatic rings. The van der Waals surface area contributed by atoms with Gasteiger partial charge in [-0.15, -0.1) is 12.4 Å². The van der Waals surface area contributed by atoms with E-state index in [9.17, 15) is 4.79 Å². The van der Waals surface area contributed by atoms with Crippen LogP contribution in [0.25, 0.3) is 10.9 Å². The number of aromatic nitrogens is 1. The number of fused-ring (bicyclic) bond motifs is 4. The summed E-state index contributed by atoms with van der Waals surface area (Å²) in [5.74, 6) is -0.202. The van der Waals surface area contributed by atoms with Gasteiger partial charge in [-0.05, 0) is 37.1 Å². The maximum atomic E-state index is 12.0. The lowest BCUT2D eigenvalue weighted by molar-refractivity contribution is -0.0366. The smallest absolute Gasteiger partial charge is 0.357 e. The molecule has 1 saturated carbocycles. The molecule has 1 aliphatic heterocycles. The molecule has 5 heteroatoms. The van der Waals surface area contributed by atoms with Gasteiger partial charge in [-0.2, -0.15) is 0 Å². The number of nitrogens with zero attached hydrogens (tertiary/aromatic N) is 1. The van der Waals surface area contributed by atoms with Crippen molar-refractivity contribution in [2.24, 2.45) is 0 Å². The fraction of sp³-hybridized carbons (Fsp3) is 0.357. The molecule has 2 aromatic rings. The first kappa shape index (κ1) is 12.4. The Morgan fingerprint density at radius 2 is 1.95 bits per heavy atom. The van der Waals surface area contributed by atoms with E-state index in [1.807, 2.05) is 24.3 Å². The van der Waals surface area contributed by atoms with Crippen LogP contribution >= 0.6 is 12.4 Å². The second-order valence-electron chi connectivity index (χ2n) is 5.23. The highest BCUT2D eigenvalue weighted by Gasteiger charge is 2.47. The van der Waals surface area contributed by atoms with E-state index in [2.05, 4.69) is 4.57 Å². The molecule has 19 heavy (non-hydrogen) atoms. The van der Waals surface area contributed by atoms with Gasteiger partial charge in [0.1, 0.15) is 5.69 Å². The van der Waals surface area contributed by atoms with Crippen LogP contribution in [0.3, 0.4) is 0 Å². The molecule has 0 bridgehead atoms. The van der Waals surface area contributed by atoms with Gasteiger partial charge in [-0.3, -0.25) is 4.57 Å². The highest BCUT2D eigenvalue weighted by Crippen LogP contribution is 2.46. The van der Waals surface area contributed by atoms with Crippen LogP contribution < -0.4 is 5.73 Å². The molecule has 2 N–H and O–H groups in total. The minimum absolute atomic E-state index is 0. The van der Waals surface area contributed by atoms with Gasteiger partial charge in [0.25, 0.3) is 0 Å². The molecule has 0 unspecified atom stereocenters. The number of rotatable bonds is 0. The topological polar surface area (TPSA) is 57.2 Å². The van der Waals surface area contributed by atoms with E-state index in [0.717, 1.165) is 42.3 Å².